The molecule has 0 spiro atoms. The van der Waals surface area contributed by atoms with E-state index in [0.29, 0.717) is 22.5 Å². The number of rotatable bonds is 3. The second-order valence-electron chi connectivity index (χ2n) is 5.97. The summed E-state index contributed by atoms with van der Waals surface area (Å²) in [7, 11) is 0. The Morgan fingerprint density at radius 2 is 1.85 bits per heavy atom. The predicted molar refractivity (Wildman–Crippen MR) is 98.1 cm³/mol. The molecule has 0 saturated carbocycles. The second kappa shape index (κ2) is 6.39. The van der Waals surface area contributed by atoms with E-state index in [2.05, 4.69) is 11.2 Å². The summed E-state index contributed by atoms with van der Waals surface area (Å²) in [5, 5.41) is 23.8. The maximum atomic E-state index is 13.3. The first kappa shape index (κ1) is 16.5. The fraction of sp³-hybridized carbons (Fsp3) is 0. The number of nitriles is 1. The number of hydrogen-bond acceptors (Lipinski definition) is 3. The lowest BCUT2D eigenvalue weighted by Crippen LogP contribution is -1.99. The van der Waals surface area contributed by atoms with Crippen LogP contribution in [0.1, 0.15) is 15.9 Å². The molecule has 4 aromatic rings. The summed E-state index contributed by atoms with van der Waals surface area (Å²) in [6.07, 6.45) is 0. The number of halogens is 1. The quantitative estimate of drug-likeness (QED) is 0.589. The van der Waals surface area contributed by atoms with Crippen LogP contribution in [0.4, 0.5) is 4.39 Å². The highest BCUT2D eigenvalue weighted by Crippen LogP contribution is 2.31. The monoisotopic (exact) mass is 357 g/mol. The minimum atomic E-state index is -1.04. The lowest BCUT2D eigenvalue weighted by molar-refractivity contribution is 0.0697. The summed E-state index contributed by atoms with van der Waals surface area (Å²) >= 11 is 0. The van der Waals surface area contributed by atoms with Gasteiger partial charge in [0, 0.05) is 10.9 Å². The van der Waals surface area contributed by atoms with Gasteiger partial charge in [-0.3, -0.25) is 0 Å². The van der Waals surface area contributed by atoms with E-state index >= 15 is 0 Å². The van der Waals surface area contributed by atoms with Crippen LogP contribution in [-0.2, 0) is 0 Å². The number of carboxylic acids is 1. The Bertz CT molecular complexity index is 1220. The van der Waals surface area contributed by atoms with Crippen LogP contribution in [0.3, 0.4) is 0 Å². The molecule has 0 aliphatic rings. The van der Waals surface area contributed by atoms with E-state index in [4.69, 9.17) is 5.26 Å². The molecule has 0 saturated heterocycles. The van der Waals surface area contributed by atoms with Crippen LogP contribution in [0.5, 0.6) is 0 Å². The molecule has 1 aromatic heterocycles. The average Bonchev–Trinajstić information content (AvgIpc) is 3.07. The molecule has 0 atom stereocenters. The second-order valence-corrected chi connectivity index (χ2v) is 5.97. The van der Waals surface area contributed by atoms with Gasteiger partial charge in [0.05, 0.1) is 28.4 Å². The van der Waals surface area contributed by atoms with Crippen molar-refractivity contribution in [2.45, 2.75) is 0 Å². The van der Waals surface area contributed by atoms with Crippen molar-refractivity contribution < 1.29 is 14.3 Å². The van der Waals surface area contributed by atoms with E-state index in [1.54, 1.807) is 41.1 Å². The highest BCUT2D eigenvalue weighted by Gasteiger charge is 2.16. The van der Waals surface area contributed by atoms with E-state index in [9.17, 15) is 14.3 Å². The van der Waals surface area contributed by atoms with Crippen molar-refractivity contribution in [1.82, 2.24) is 9.78 Å². The molecule has 4 rings (SSSR count). The Kier molecular flexibility index (Phi) is 3.90. The van der Waals surface area contributed by atoms with Gasteiger partial charge >= 0.3 is 5.97 Å². The first-order valence-corrected chi connectivity index (χ1v) is 8.09. The van der Waals surface area contributed by atoms with Gasteiger partial charge in [-0.2, -0.15) is 10.4 Å². The fourth-order valence-electron chi connectivity index (χ4n) is 2.98. The molecular weight excluding hydrogens is 345 g/mol. The molecule has 130 valence electrons. The number of carbonyl (C=O) groups is 1. The molecule has 5 nitrogen and oxygen atoms in total. The Balaban J connectivity index is 2.01. The fourth-order valence-corrected chi connectivity index (χ4v) is 2.98. The van der Waals surface area contributed by atoms with Crippen LogP contribution in [-0.4, -0.2) is 20.9 Å². The third-order valence-corrected chi connectivity index (χ3v) is 4.26. The number of benzene rings is 3. The summed E-state index contributed by atoms with van der Waals surface area (Å²) in [4.78, 5) is 11.4. The lowest BCUT2D eigenvalue weighted by atomic mass is 10.0. The Morgan fingerprint density at radius 3 is 2.56 bits per heavy atom. The minimum absolute atomic E-state index is 0.128. The van der Waals surface area contributed by atoms with Crippen molar-refractivity contribution in [3.05, 3.63) is 83.7 Å². The molecule has 1 heterocycles. The summed E-state index contributed by atoms with van der Waals surface area (Å²) < 4.78 is 14.9. The van der Waals surface area contributed by atoms with Gasteiger partial charge in [0.15, 0.2) is 0 Å². The van der Waals surface area contributed by atoms with Gasteiger partial charge in [-0.1, -0.05) is 12.1 Å². The van der Waals surface area contributed by atoms with Crippen LogP contribution in [0.15, 0.2) is 66.7 Å². The van der Waals surface area contributed by atoms with Gasteiger partial charge in [-0.05, 0) is 54.6 Å². The molecule has 0 aliphatic heterocycles. The van der Waals surface area contributed by atoms with E-state index < -0.39 is 5.97 Å². The zero-order valence-corrected chi connectivity index (χ0v) is 13.9. The molecular formula is C21H12FN3O2. The van der Waals surface area contributed by atoms with Crippen LogP contribution in [0.2, 0.25) is 0 Å². The first-order chi connectivity index (χ1) is 13.1. The van der Waals surface area contributed by atoms with Gasteiger partial charge in [0.2, 0.25) is 0 Å². The van der Waals surface area contributed by atoms with Crippen LogP contribution in [0.25, 0.3) is 27.8 Å². The molecule has 0 unspecified atom stereocenters. The largest absolute Gasteiger partial charge is 0.478 e. The van der Waals surface area contributed by atoms with Crippen molar-refractivity contribution >= 4 is 16.9 Å². The maximum absolute atomic E-state index is 13.3. The number of nitrogens with zero attached hydrogens (tertiary/aromatic N) is 3. The highest BCUT2D eigenvalue weighted by molar-refractivity contribution is 5.99. The van der Waals surface area contributed by atoms with Gasteiger partial charge in [-0.25, -0.2) is 13.9 Å². The van der Waals surface area contributed by atoms with Crippen LogP contribution >= 0.6 is 0 Å². The van der Waals surface area contributed by atoms with Crippen molar-refractivity contribution in [3.63, 3.8) is 0 Å². The SMILES string of the molecule is N#Cc1cccc(-c2nn(-c3ccc(F)cc3)c3cc(C(=O)O)ccc23)c1. The number of aromatic carboxylic acids is 1. The normalized spacial score (nSPS) is 10.7. The topological polar surface area (TPSA) is 78.9 Å². The van der Waals surface area contributed by atoms with Gasteiger partial charge < -0.3 is 5.11 Å². The number of fused-ring (bicyclic) bond motifs is 1. The summed E-state index contributed by atoms with van der Waals surface area (Å²) in [6.45, 7) is 0. The first-order valence-electron chi connectivity index (χ1n) is 8.09. The molecule has 6 heteroatoms. The lowest BCUT2D eigenvalue weighted by Gasteiger charge is -2.04. The van der Waals surface area contributed by atoms with Gasteiger partial charge in [0.1, 0.15) is 11.5 Å². The van der Waals surface area contributed by atoms with Crippen LogP contribution in [0, 0.1) is 17.1 Å². The third kappa shape index (κ3) is 2.92. The molecule has 27 heavy (non-hydrogen) atoms. The molecule has 0 bridgehead atoms. The van der Waals surface area contributed by atoms with Crippen molar-refractivity contribution in [2.24, 2.45) is 0 Å². The van der Waals surface area contributed by atoms with E-state index in [1.165, 1.54) is 24.3 Å². The van der Waals surface area contributed by atoms with E-state index in [1.807, 2.05) is 6.07 Å². The zero-order chi connectivity index (χ0) is 19.0. The van der Waals surface area contributed by atoms with Crippen molar-refractivity contribution in [2.75, 3.05) is 0 Å². The average molecular weight is 357 g/mol. The minimum Gasteiger partial charge on any atom is -0.478 e. The predicted octanol–water partition coefficient (Wildman–Crippen LogP) is 4.40. The zero-order valence-electron chi connectivity index (χ0n) is 13.9. The summed E-state index contributed by atoms with van der Waals surface area (Å²) in [5.74, 6) is -1.42. The molecule has 3 aromatic carbocycles. The molecule has 0 aliphatic carbocycles. The van der Waals surface area contributed by atoms with Crippen LogP contribution < -0.4 is 0 Å². The molecule has 0 amide bonds. The summed E-state index contributed by atoms with van der Waals surface area (Å²) in [6, 6.07) is 19.7. The van der Waals surface area contributed by atoms with Gasteiger partial charge in [0.25, 0.3) is 0 Å². The van der Waals surface area contributed by atoms with E-state index in [-0.39, 0.29) is 11.4 Å². The standard InChI is InChI=1S/C21H12FN3O2/c22-16-5-7-17(8-6-16)25-19-11-15(21(26)27)4-9-18(19)20(24-25)14-3-1-2-13(10-14)12-23/h1-11H,(H,26,27). The Morgan fingerprint density at radius 1 is 1.07 bits per heavy atom. The smallest absolute Gasteiger partial charge is 0.335 e. The van der Waals surface area contributed by atoms with Crippen molar-refractivity contribution in [3.8, 4) is 23.0 Å². The number of hydrogen-bond donors (Lipinski definition) is 1. The number of aromatic nitrogens is 2. The Hall–Kier alpha value is -3.98. The maximum Gasteiger partial charge on any atom is 0.335 e. The Labute approximate surface area is 153 Å². The van der Waals surface area contributed by atoms with E-state index in [0.717, 1.165) is 10.9 Å². The molecule has 0 fully saturated rings. The van der Waals surface area contributed by atoms with Crippen molar-refractivity contribution in [1.29, 1.82) is 5.26 Å². The number of carboxylic acid groups (broad SMARTS) is 1. The summed E-state index contributed by atoms with van der Waals surface area (Å²) in [5.41, 5.74) is 3.17. The molecule has 1 N–H and O–H groups in total. The van der Waals surface area contributed by atoms with Gasteiger partial charge in [-0.15, -0.1) is 0 Å². The third-order valence-electron chi connectivity index (χ3n) is 4.26. The molecule has 0 radical (unpaired) electrons. The highest BCUT2D eigenvalue weighted by atomic mass is 19.1.